The number of rotatable bonds is 4. The first-order chi connectivity index (χ1) is 13.5. The minimum atomic E-state index is -3.70. The van der Waals surface area contributed by atoms with Crippen molar-refractivity contribution >= 4 is 26.4 Å². The van der Waals surface area contributed by atoms with Gasteiger partial charge in [0.15, 0.2) is 0 Å². The van der Waals surface area contributed by atoms with E-state index in [1.165, 1.54) is 6.20 Å². The number of sulfone groups is 1. The van der Waals surface area contributed by atoms with Gasteiger partial charge in [-0.15, -0.1) is 0 Å². The molecule has 1 unspecified atom stereocenters. The molecule has 6 heteroatoms. The second kappa shape index (κ2) is 7.43. The maximum Gasteiger partial charge on any atom is 0.210 e. The molecule has 1 fully saturated rings. The Bertz CT molecular complexity index is 1100. The lowest BCUT2D eigenvalue weighted by atomic mass is 10.0. The fourth-order valence-electron chi connectivity index (χ4n) is 3.92. The molecule has 28 heavy (non-hydrogen) atoms. The van der Waals surface area contributed by atoms with Crippen LogP contribution in [0.3, 0.4) is 0 Å². The second-order valence-electron chi connectivity index (χ2n) is 7.21. The normalized spacial score (nSPS) is 17.6. The Labute approximate surface area is 165 Å². The summed E-state index contributed by atoms with van der Waals surface area (Å²) in [6.07, 6.45) is 4.75. The first-order valence-corrected chi connectivity index (χ1v) is 11.0. The monoisotopic (exact) mass is 396 g/mol. The van der Waals surface area contributed by atoms with E-state index >= 15 is 0 Å². The molecule has 1 aliphatic heterocycles. The maximum absolute atomic E-state index is 13.5. The zero-order valence-electron chi connectivity index (χ0n) is 16.1. The van der Waals surface area contributed by atoms with Crippen molar-refractivity contribution < 1.29 is 13.2 Å². The predicted octanol–water partition coefficient (Wildman–Crippen LogP) is 4.46. The highest BCUT2D eigenvalue weighted by Gasteiger charge is 2.30. The predicted molar refractivity (Wildman–Crippen MR) is 111 cm³/mol. The smallest absolute Gasteiger partial charge is 0.210 e. The minimum absolute atomic E-state index is 0.258. The Hall–Kier alpha value is -2.60. The van der Waals surface area contributed by atoms with Gasteiger partial charge in [0.2, 0.25) is 9.84 Å². The number of nitrogens with zero attached hydrogens (tertiary/aromatic N) is 2. The van der Waals surface area contributed by atoms with Crippen molar-refractivity contribution in [2.45, 2.75) is 42.0 Å². The molecule has 0 N–H and O–H groups in total. The minimum Gasteiger partial charge on any atom is -0.497 e. The number of anilines is 1. The van der Waals surface area contributed by atoms with Crippen molar-refractivity contribution in [2.75, 3.05) is 18.6 Å². The Morgan fingerprint density at radius 2 is 1.89 bits per heavy atom. The highest BCUT2D eigenvalue weighted by molar-refractivity contribution is 7.91. The fraction of sp³-hybridized carbons (Fsp3) is 0.318. The van der Waals surface area contributed by atoms with E-state index in [2.05, 4.69) is 16.8 Å². The van der Waals surface area contributed by atoms with Gasteiger partial charge in [-0.25, -0.2) is 8.42 Å². The Kier molecular flexibility index (Phi) is 4.98. The van der Waals surface area contributed by atoms with Gasteiger partial charge in [0, 0.05) is 24.2 Å². The number of pyridine rings is 1. The van der Waals surface area contributed by atoms with Crippen LogP contribution in [-0.4, -0.2) is 33.1 Å². The second-order valence-corrected chi connectivity index (χ2v) is 9.13. The lowest BCUT2D eigenvalue weighted by molar-refractivity contribution is 0.415. The van der Waals surface area contributed by atoms with Crippen molar-refractivity contribution in [1.29, 1.82) is 0 Å². The Morgan fingerprint density at radius 1 is 1.11 bits per heavy atom. The van der Waals surface area contributed by atoms with Crippen LogP contribution in [-0.2, 0) is 9.84 Å². The molecule has 1 aromatic heterocycles. The van der Waals surface area contributed by atoms with E-state index in [9.17, 15) is 8.42 Å². The molecule has 0 radical (unpaired) electrons. The van der Waals surface area contributed by atoms with Crippen molar-refractivity contribution in [3.8, 4) is 5.75 Å². The van der Waals surface area contributed by atoms with Crippen LogP contribution in [0.15, 0.2) is 64.5 Å². The summed E-state index contributed by atoms with van der Waals surface area (Å²) in [4.78, 5) is 7.23. The molecule has 0 spiro atoms. The number of piperidine rings is 1. The van der Waals surface area contributed by atoms with E-state index in [0.717, 1.165) is 42.4 Å². The summed E-state index contributed by atoms with van der Waals surface area (Å²) in [7, 11) is -2.08. The first-order valence-electron chi connectivity index (χ1n) is 9.56. The van der Waals surface area contributed by atoms with Gasteiger partial charge in [-0.2, -0.15) is 0 Å². The quantitative estimate of drug-likeness (QED) is 0.652. The molecule has 0 saturated carbocycles. The summed E-state index contributed by atoms with van der Waals surface area (Å²) in [6.45, 7) is 2.99. The van der Waals surface area contributed by atoms with Gasteiger partial charge in [0.25, 0.3) is 0 Å². The summed E-state index contributed by atoms with van der Waals surface area (Å²) in [5, 5.41) is 0.810. The van der Waals surface area contributed by atoms with Crippen molar-refractivity contribution in [3.05, 3.63) is 54.7 Å². The lowest BCUT2D eigenvalue weighted by Crippen LogP contribution is -2.38. The van der Waals surface area contributed by atoms with Crippen LogP contribution >= 0.6 is 0 Å². The van der Waals surface area contributed by atoms with E-state index in [-0.39, 0.29) is 15.8 Å². The summed E-state index contributed by atoms with van der Waals surface area (Å²) in [5.74, 6) is 0.689. The zero-order valence-corrected chi connectivity index (χ0v) is 16.9. The van der Waals surface area contributed by atoms with Gasteiger partial charge in [0.1, 0.15) is 10.6 Å². The molecule has 0 amide bonds. The Morgan fingerprint density at radius 3 is 2.61 bits per heavy atom. The van der Waals surface area contributed by atoms with Gasteiger partial charge in [-0.3, -0.25) is 4.98 Å². The molecule has 1 aliphatic rings. The van der Waals surface area contributed by atoms with Crippen LogP contribution in [0.25, 0.3) is 10.9 Å². The molecule has 4 rings (SSSR count). The molecule has 3 aromatic rings. The summed E-state index contributed by atoms with van der Waals surface area (Å²) in [5.41, 5.74) is 1.50. The molecular weight excluding hydrogens is 372 g/mol. The number of hydrogen-bond acceptors (Lipinski definition) is 5. The summed E-state index contributed by atoms with van der Waals surface area (Å²) >= 11 is 0. The zero-order chi connectivity index (χ0) is 19.7. The van der Waals surface area contributed by atoms with Gasteiger partial charge in [0.05, 0.1) is 23.2 Å². The van der Waals surface area contributed by atoms with Crippen LogP contribution in [0.4, 0.5) is 5.69 Å². The summed E-state index contributed by atoms with van der Waals surface area (Å²) < 4.78 is 32.4. The van der Waals surface area contributed by atoms with E-state index in [1.54, 1.807) is 31.4 Å². The summed E-state index contributed by atoms with van der Waals surface area (Å²) in [6, 6.07) is 14.5. The molecular formula is C22H24N2O3S. The van der Waals surface area contributed by atoms with Crippen LogP contribution in [0.1, 0.15) is 26.2 Å². The average molecular weight is 397 g/mol. The van der Waals surface area contributed by atoms with E-state index in [0.29, 0.717) is 5.75 Å². The number of aromatic nitrogens is 1. The topological polar surface area (TPSA) is 59.5 Å². The van der Waals surface area contributed by atoms with Gasteiger partial charge in [-0.05, 0) is 56.5 Å². The molecule has 2 aromatic carbocycles. The molecule has 2 heterocycles. The van der Waals surface area contributed by atoms with Gasteiger partial charge >= 0.3 is 0 Å². The van der Waals surface area contributed by atoms with Gasteiger partial charge in [-0.1, -0.05) is 18.2 Å². The molecule has 0 bridgehead atoms. The van der Waals surface area contributed by atoms with Crippen LogP contribution in [0.5, 0.6) is 5.75 Å². The van der Waals surface area contributed by atoms with Crippen LogP contribution in [0, 0.1) is 0 Å². The van der Waals surface area contributed by atoms with Gasteiger partial charge < -0.3 is 9.64 Å². The molecule has 0 aliphatic carbocycles. The standard InChI is InChI=1S/C22H24N2O3S/c1-16-8-6-7-13-24(16)22-19-14-17(27-2)11-12-20(19)23-15-21(22)28(25,26)18-9-4-3-5-10-18/h3-5,9-12,14-16H,6-8,13H2,1-2H3. The molecule has 1 saturated heterocycles. The number of benzene rings is 2. The van der Waals surface area contributed by atoms with Crippen LogP contribution in [0.2, 0.25) is 0 Å². The third-order valence-corrected chi connectivity index (χ3v) is 7.22. The van der Waals surface area contributed by atoms with Crippen molar-refractivity contribution in [2.24, 2.45) is 0 Å². The highest BCUT2D eigenvalue weighted by atomic mass is 32.2. The van der Waals surface area contributed by atoms with Crippen LogP contribution < -0.4 is 9.64 Å². The number of hydrogen-bond donors (Lipinski definition) is 0. The third kappa shape index (κ3) is 3.22. The number of fused-ring (bicyclic) bond motifs is 1. The Balaban J connectivity index is 2.02. The highest BCUT2D eigenvalue weighted by Crippen LogP contribution is 2.39. The largest absolute Gasteiger partial charge is 0.497 e. The fourth-order valence-corrected chi connectivity index (χ4v) is 5.36. The average Bonchev–Trinajstić information content (AvgIpc) is 2.73. The number of methoxy groups -OCH3 is 1. The maximum atomic E-state index is 13.5. The van der Waals surface area contributed by atoms with Crippen molar-refractivity contribution in [3.63, 3.8) is 0 Å². The third-order valence-electron chi connectivity index (χ3n) is 5.45. The lowest BCUT2D eigenvalue weighted by Gasteiger charge is -2.37. The van der Waals surface area contributed by atoms with E-state index < -0.39 is 9.84 Å². The molecule has 1 atom stereocenters. The first kappa shape index (κ1) is 18.7. The van der Waals surface area contributed by atoms with E-state index in [1.807, 2.05) is 24.3 Å². The molecule has 146 valence electrons. The molecule has 5 nitrogen and oxygen atoms in total. The van der Waals surface area contributed by atoms with E-state index in [4.69, 9.17) is 4.74 Å². The number of ether oxygens (including phenoxy) is 1. The van der Waals surface area contributed by atoms with Crippen molar-refractivity contribution in [1.82, 2.24) is 4.98 Å². The SMILES string of the molecule is COc1ccc2ncc(S(=O)(=O)c3ccccc3)c(N3CCCCC3C)c2c1.